The molecule has 2 heterocycles. The van der Waals surface area contributed by atoms with Crippen molar-refractivity contribution in [2.45, 2.75) is 71.6 Å². The minimum Gasteiger partial charge on any atom is -0.378 e. The molecule has 0 saturated carbocycles. The Hall–Kier alpha value is -1.65. The number of hydrogen-bond acceptors (Lipinski definition) is 3. The van der Waals surface area contributed by atoms with E-state index in [9.17, 15) is 4.79 Å². The lowest BCUT2D eigenvalue weighted by Crippen LogP contribution is -2.42. The normalized spacial score (nSPS) is 14.7. The van der Waals surface area contributed by atoms with Crippen LogP contribution in [-0.2, 0) is 28.8 Å². The standard InChI is InChI=1S/C27H39NO2S/c1-27(2,22-26(29)28-18-20-30-21-19-28)17-16-25-15-14-24(31-25)13-9-4-3-6-10-23-11-7-5-8-12-23/h5,7-8,11-12,14-15H,3-4,6,9-10,13,16-22H2,1-2H3. The number of thiophene rings is 1. The van der Waals surface area contributed by atoms with E-state index in [1.807, 2.05) is 16.2 Å². The summed E-state index contributed by atoms with van der Waals surface area (Å²) in [5.41, 5.74) is 1.50. The van der Waals surface area contributed by atoms with Crippen LogP contribution in [0, 0.1) is 5.41 Å². The summed E-state index contributed by atoms with van der Waals surface area (Å²) < 4.78 is 5.36. The Labute approximate surface area is 192 Å². The van der Waals surface area contributed by atoms with Crippen LogP contribution in [0.1, 0.15) is 67.7 Å². The SMILES string of the molecule is CC(C)(CCc1ccc(CCCCCCc2ccccc2)s1)CC(=O)N1CCOCC1. The Morgan fingerprint density at radius 2 is 1.55 bits per heavy atom. The van der Waals surface area contributed by atoms with Crippen molar-refractivity contribution in [2.75, 3.05) is 26.3 Å². The summed E-state index contributed by atoms with van der Waals surface area (Å²) in [6.07, 6.45) is 10.4. The molecule has 0 spiro atoms. The van der Waals surface area contributed by atoms with Crippen LogP contribution in [0.5, 0.6) is 0 Å². The highest BCUT2D eigenvalue weighted by molar-refractivity contribution is 7.11. The number of aryl methyl sites for hydroxylation is 3. The van der Waals surface area contributed by atoms with Gasteiger partial charge in [-0.1, -0.05) is 57.0 Å². The number of benzene rings is 1. The first-order valence-corrected chi connectivity index (χ1v) is 12.8. The molecule has 1 fully saturated rings. The monoisotopic (exact) mass is 441 g/mol. The first-order chi connectivity index (χ1) is 15.0. The van der Waals surface area contributed by atoms with Gasteiger partial charge in [-0.05, 0) is 61.6 Å². The Morgan fingerprint density at radius 1 is 0.903 bits per heavy atom. The summed E-state index contributed by atoms with van der Waals surface area (Å²) in [7, 11) is 0. The molecule has 2 aromatic rings. The maximum atomic E-state index is 12.6. The van der Waals surface area contributed by atoms with E-state index in [2.05, 4.69) is 56.3 Å². The van der Waals surface area contributed by atoms with E-state index in [4.69, 9.17) is 4.74 Å². The number of carbonyl (C=O) groups is 1. The summed E-state index contributed by atoms with van der Waals surface area (Å²) >= 11 is 1.97. The van der Waals surface area contributed by atoms with Gasteiger partial charge in [0, 0.05) is 29.3 Å². The molecule has 0 unspecified atom stereocenters. The van der Waals surface area contributed by atoms with Crippen LogP contribution < -0.4 is 0 Å². The summed E-state index contributed by atoms with van der Waals surface area (Å²) in [6, 6.07) is 15.4. The number of morpholine rings is 1. The molecule has 31 heavy (non-hydrogen) atoms. The van der Waals surface area contributed by atoms with Crippen molar-refractivity contribution in [2.24, 2.45) is 5.41 Å². The van der Waals surface area contributed by atoms with Gasteiger partial charge in [-0.15, -0.1) is 11.3 Å². The van der Waals surface area contributed by atoms with E-state index in [0.29, 0.717) is 19.6 Å². The summed E-state index contributed by atoms with van der Waals surface area (Å²) in [5, 5.41) is 0. The number of rotatable bonds is 12. The van der Waals surface area contributed by atoms with Gasteiger partial charge in [-0.25, -0.2) is 0 Å². The number of nitrogens with zero attached hydrogens (tertiary/aromatic N) is 1. The molecule has 1 saturated heterocycles. The second-order valence-corrected chi connectivity index (χ2v) is 10.9. The molecule has 0 atom stereocenters. The Kier molecular flexibility index (Phi) is 9.60. The number of hydrogen-bond donors (Lipinski definition) is 0. The molecule has 1 amide bonds. The summed E-state index contributed by atoms with van der Waals surface area (Å²) in [4.78, 5) is 17.5. The molecule has 1 aliphatic rings. The fourth-order valence-corrected chi connectivity index (χ4v) is 5.26. The quantitative estimate of drug-likeness (QED) is 0.362. The van der Waals surface area contributed by atoms with E-state index >= 15 is 0 Å². The molecule has 3 nitrogen and oxygen atoms in total. The van der Waals surface area contributed by atoms with Gasteiger partial charge in [0.25, 0.3) is 0 Å². The molecular formula is C27H39NO2S. The van der Waals surface area contributed by atoms with Crippen molar-refractivity contribution in [1.82, 2.24) is 4.90 Å². The van der Waals surface area contributed by atoms with Gasteiger partial charge in [0.15, 0.2) is 0 Å². The first kappa shape index (κ1) is 24.0. The molecule has 0 N–H and O–H groups in total. The van der Waals surface area contributed by atoms with Gasteiger partial charge < -0.3 is 9.64 Å². The van der Waals surface area contributed by atoms with Crippen molar-refractivity contribution in [3.8, 4) is 0 Å². The van der Waals surface area contributed by atoms with Gasteiger partial charge >= 0.3 is 0 Å². The first-order valence-electron chi connectivity index (χ1n) is 12.0. The Bertz CT molecular complexity index is 778. The average Bonchev–Trinajstić information content (AvgIpc) is 3.24. The lowest BCUT2D eigenvalue weighted by atomic mass is 9.83. The van der Waals surface area contributed by atoms with Crippen molar-refractivity contribution in [3.05, 3.63) is 57.8 Å². The van der Waals surface area contributed by atoms with Gasteiger partial charge in [0.05, 0.1) is 13.2 Å². The van der Waals surface area contributed by atoms with E-state index in [0.717, 1.165) is 25.9 Å². The molecule has 4 heteroatoms. The van der Waals surface area contributed by atoms with Gasteiger partial charge in [-0.3, -0.25) is 4.79 Å². The number of carbonyl (C=O) groups excluding carboxylic acids is 1. The van der Waals surface area contributed by atoms with Crippen LogP contribution in [0.15, 0.2) is 42.5 Å². The van der Waals surface area contributed by atoms with Gasteiger partial charge in [0.2, 0.25) is 5.91 Å². The highest BCUT2D eigenvalue weighted by Gasteiger charge is 2.26. The van der Waals surface area contributed by atoms with E-state index < -0.39 is 0 Å². The van der Waals surface area contributed by atoms with Crippen molar-refractivity contribution in [3.63, 3.8) is 0 Å². The van der Waals surface area contributed by atoms with Crippen LogP contribution >= 0.6 is 11.3 Å². The Morgan fingerprint density at radius 3 is 2.26 bits per heavy atom. The molecular weight excluding hydrogens is 402 g/mol. The number of ether oxygens (including phenoxy) is 1. The van der Waals surface area contributed by atoms with Crippen molar-refractivity contribution < 1.29 is 9.53 Å². The Balaban J connectivity index is 1.30. The van der Waals surface area contributed by atoms with Crippen LogP contribution in [0.25, 0.3) is 0 Å². The third kappa shape index (κ3) is 8.78. The summed E-state index contributed by atoms with van der Waals surface area (Å²) in [6.45, 7) is 7.31. The molecule has 1 aromatic heterocycles. The van der Waals surface area contributed by atoms with Crippen molar-refractivity contribution in [1.29, 1.82) is 0 Å². The van der Waals surface area contributed by atoms with E-state index in [1.165, 1.54) is 53.8 Å². The maximum absolute atomic E-state index is 12.6. The molecule has 1 aromatic carbocycles. The second-order valence-electron chi connectivity index (χ2n) is 9.60. The molecule has 1 aliphatic heterocycles. The largest absolute Gasteiger partial charge is 0.378 e. The van der Waals surface area contributed by atoms with E-state index in [1.54, 1.807) is 0 Å². The van der Waals surface area contributed by atoms with E-state index in [-0.39, 0.29) is 11.3 Å². The molecule has 0 bridgehead atoms. The zero-order valence-corrected chi connectivity index (χ0v) is 20.2. The van der Waals surface area contributed by atoms with Crippen LogP contribution in [0.4, 0.5) is 0 Å². The van der Waals surface area contributed by atoms with Gasteiger partial charge in [-0.2, -0.15) is 0 Å². The number of unbranched alkanes of at least 4 members (excludes halogenated alkanes) is 3. The smallest absolute Gasteiger partial charge is 0.223 e. The van der Waals surface area contributed by atoms with Crippen LogP contribution in [0.2, 0.25) is 0 Å². The minimum atomic E-state index is 0.0400. The molecule has 170 valence electrons. The van der Waals surface area contributed by atoms with Crippen LogP contribution in [0.3, 0.4) is 0 Å². The third-order valence-corrected chi connectivity index (χ3v) is 7.45. The maximum Gasteiger partial charge on any atom is 0.223 e. The van der Waals surface area contributed by atoms with Crippen LogP contribution in [-0.4, -0.2) is 37.1 Å². The summed E-state index contributed by atoms with van der Waals surface area (Å²) in [5.74, 6) is 0.285. The third-order valence-electron chi connectivity index (χ3n) is 6.24. The lowest BCUT2D eigenvalue weighted by Gasteiger charge is -2.31. The zero-order valence-electron chi connectivity index (χ0n) is 19.4. The topological polar surface area (TPSA) is 29.5 Å². The second kappa shape index (κ2) is 12.4. The molecule has 0 radical (unpaired) electrons. The fourth-order valence-electron chi connectivity index (χ4n) is 4.20. The lowest BCUT2D eigenvalue weighted by molar-refractivity contribution is -0.137. The van der Waals surface area contributed by atoms with Gasteiger partial charge in [0.1, 0.15) is 0 Å². The zero-order chi connectivity index (χ0) is 21.9. The molecule has 0 aliphatic carbocycles. The predicted octanol–water partition coefficient (Wildman–Crippen LogP) is 6.30. The minimum absolute atomic E-state index is 0.0400. The van der Waals surface area contributed by atoms with Crippen molar-refractivity contribution >= 4 is 17.2 Å². The number of amides is 1. The predicted molar refractivity (Wildman–Crippen MR) is 131 cm³/mol. The fraction of sp³-hybridized carbons (Fsp3) is 0.593. The average molecular weight is 442 g/mol. The highest BCUT2D eigenvalue weighted by Crippen LogP contribution is 2.30. The molecule has 3 rings (SSSR count). The highest BCUT2D eigenvalue weighted by atomic mass is 32.1.